The van der Waals surface area contributed by atoms with Crippen LogP contribution in [0, 0.1) is 11.3 Å². The van der Waals surface area contributed by atoms with E-state index in [9.17, 15) is 0 Å². The Morgan fingerprint density at radius 1 is 1.05 bits per heavy atom. The van der Waals surface area contributed by atoms with E-state index in [0.29, 0.717) is 17.4 Å². The zero-order chi connectivity index (χ0) is 14.8. The predicted molar refractivity (Wildman–Crippen MR) is 88.1 cm³/mol. The van der Waals surface area contributed by atoms with Crippen LogP contribution in [0.25, 0.3) is 0 Å². The molecule has 1 saturated carbocycles. The SMILES string of the molecule is CNC(c1ccc(C(C)C)cc1)C1CCCCC1(C)C. The second-order valence-corrected chi connectivity index (χ2v) is 7.43. The van der Waals surface area contributed by atoms with Crippen molar-refractivity contribution in [2.75, 3.05) is 7.05 Å². The van der Waals surface area contributed by atoms with Gasteiger partial charge in [0, 0.05) is 6.04 Å². The summed E-state index contributed by atoms with van der Waals surface area (Å²) in [5, 5.41) is 3.59. The highest BCUT2D eigenvalue weighted by atomic mass is 14.9. The third-order valence-electron chi connectivity index (χ3n) is 5.27. The fourth-order valence-electron chi connectivity index (χ4n) is 3.83. The van der Waals surface area contributed by atoms with Crippen LogP contribution in [0.15, 0.2) is 24.3 Å². The molecule has 112 valence electrons. The summed E-state index contributed by atoms with van der Waals surface area (Å²) in [4.78, 5) is 0. The summed E-state index contributed by atoms with van der Waals surface area (Å²) in [6.07, 6.45) is 5.49. The Morgan fingerprint density at radius 2 is 1.65 bits per heavy atom. The highest BCUT2D eigenvalue weighted by Crippen LogP contribution is 2.46. The van der Waals surface area contributed by atoms with Crippen LogP contribution in [0.1, 0.15) is 76.5 Å². The van der Waals surface area contributed by atoms with Crippen molar-refractivity contribution in [2.45, 2.75) is 65.3 Å². The van der Waals surface area contributed by atoms with E-state index in [1.807, 2.05) is 0 Å². The quantitative estimate of drug-likeness (QED) is 0.786. The molecule has 0 saturated heterocycles. The largest absolute Gasteiger partial charge is 0.313 e. The Labute approximate surface area is 125 Å². The van der Waals surface area contributed by atoms with E-state index in [2.05, 4.69) is 64.3 Å². The van der Waals surface area contributed by atoms with Gasteiger partial charge in [0.2, 0.25) is 0 Å². The van der Waals surface area contributed by atoms with Gasteiger partial charge in [-0.1, -0.05) is 64.8 Å². The van der Waals surface area contributed by atoms with Gasteiger partial charge in [-0.05, 0) is 48.3 Å². The summed E-state index contributed by atoms with van der Waals surface area (Å²) < 4.78 is 0. The van der Waals surface area contributed by atoms with Crippen LogP contribution >= 0.6 is 0 Å². The first-order valence-corrected chi connectivity index (χ1v) is 8.23. The fraction of sp³-hybridized carbons (Fsp3) is 0.684. The first-order valence-electron chi connectivity index (χ1n) is 8.23. The molecule has 0 bridgehead atoms. The lowest BCUT2D eigenvalue weighted by molar-refractivity contribution is 0.101. The number of benzene rings is 1. The van der Waals surface area contributed by atoms with E-state index < -0.39 is 0 Å². The molecule has 0 aliphatic heterocycles. The summed E-state index contributed by atoms with van der Waals surface area (Å²) in [5.74, 6) is 1.36. The first-order chi connectivity index (χ1) is 9.45. The molecule has 1 N–H and O–H groups in total. The molecule has 1 aliphatic carbocycles. The number of hydrogen-bond donors (Lipinski definition) is 1. The van der Waals surface area contributed by atoms with E-state index >= 15 is 0 Å². The van der Waals surface area contributed by atoms with Crippen LogP contribution in [0.3, 0.4) is 0 Å². The maximum Gasteiger partial charge on any atom is 0.0351 e. The molecular formula is C19H31N. The summed E-state index contributed by atoms with van der Waals surface area (Å²) in [6, 6.07) is 9.77. The average Bonchev–Trinajstić information content (AvgIpc) is 2.42. The van der Waals surface area contributed by atoms with Crippen molar-refractivity contribution in [1.29, 1.82) is 0 Å². The normalized spacial score (nSPS) is 23.8. The van der Waals surface area contributed by atoms with Crippen molar-refractivity contribution < 1.29 is 0 Å². The lowest BCUT2D eigenvalue weighted by Crippen LogP contribution is -2.37. The molecular weight excluding hydrogens is 242 g/mol. The van der Waals surface area contributed by atoms with E-state index in [4.69, 9.17) is 0 Å². The van der Waals surface area contributed by atoms with Gasteiger partial charge in [0.05, 0.1) is 0 Å². The van der Waals surface area contributed by atoms with Gasteiger partial charge in [-0.2, -0.15) is 0 Å². The average molecular weight is 273 g/mol. The summed E-state index contributed by atoms with van der Waals surface area (Å²) >= 11 is 0. The molecule has 1 aromatic carbocycles. The molecule has 1 fully saturated rings. The van der Waals surface area contributed by atoms with Gasteiger partial charge in [0.15, 0.2) is 0 Å². The summed E-state index contributed by atoms with van der Waals surface area (Å²) in [6.45, 7) is 9.41. The third-order valence-corrected chi connectivity index (χ3v) is 5.27. The maximum atomic E-state index is 3.59. The van der Waals surface area contributed by atoms with Crippen LogP contribution in [-0.4, -0.2) is 7.05 Å². The highest BCUT2D eigenvalue weighted by molar-refractivity contribution is 5.27. The topological polar surface area (TPSA) is 12.0 Å². The Hall–Kier alpha value is -0.820. The molecule has 1 heteroatoms. The molecule has 0 radical (unpaired) electrons. The van der Waals surface area contributed by atoms with Crippen molar-refractivity contribution in [3.05, 3.63) is 35.4 Å². The minimum atomic E-state index is 0.447. The van der Waals surface area contributed by atoms with Gasteiger partial charge in [-0.15, -0.1) is 0 Å². The van der Waals surface area contributed by atoms with Crippen LogP contribution in [0.2, 0.25) is 0 Å². The summed E-state index contributed by atoms with van der Waals surface area (Å²) in [7, 11) is 2.12. The van der Waals surface area contributed by atoms with E-state index in [0.717, 1.165) is 5.92 Å². The van der Waals surface area contributed by atoms with Crippen molar-refractivity contribution in [3.63, 3.8) is 0 Å². The molecule has 20 heavy (non-hydrogen) atoms. The maximum absolute atomic E-state index is 3.59. The lowest BCUT2D eigenvalue weighted by atomic mass is 9.65. The molecule has 1 nitrogen and oxygen atoms in total. The number of hydrogen-bond acceptors (Lipinski definition) is 1. The minimum absolute atomic E-state index is 0.447. The zero-order valence-electron chi connectivity index (χ0n) is 13.9. The molecule has 0 amide bonds. The zero-order valence-corrected chi connectivity index (χ0v) is 13.9. The molecule has 0 aromatic heterocycles. The van der Waals surface area contributed by atoms with Gasteiger partial charge in [0.1, 0.15) is 0 Å². The minimum Gasteiger partial charge on any atom is -0.313 e. The van der Waals surface area contributed by atoms with Gasteiger partial charge in [0.25, 0.3) is 0 Å². The van der Waals surface area contributed by atoms with Crippen LogP contribution in [-0.2, 0) is 0 Å². The van der Waals surface area contributed by atoms with Crippen molar-refractivity contribution >= 4 is 0 Å². The molecule has 0 spiro atoms. The molecule has 0 heterocycles. The van der Waals surface area contributed by atoms with Crippen molar-refractivity contribution in [1.82, 2.24) is 5.32 Å². The smallest absolute Gasteiger partial charge is 0.0351 e. The first kappa shape index (κ1) is 15.6. The Balaban J connectivity index is 2.22. The molecule has 1 aliphatic rings. The lowest BCUT2D eigenvalue weighted by Gasteiger charge is -2.43. The Bertz CT molecular complexity index is 416. The predicted octanol–water partition coefficient (Wildman–Crippen LogP) is 5.29. The van der Waals surface area contributed by atoms with Crippen LogP contribution in [0.4, 0.5) is 0 Å². The van der Waals surface area contributed by atoms with E-state index in [1.54, 1.807) is 0 Å². The van der Waals surface area contributed by atoms with Gasteiger partial charge in [-0.25, -0.2) is 0 Å². The monoisotopic (exact) mass is 273 g/mol. The second kappa shape index (κ2) is 6.30. The number of rotatable bonds is 4. The summed E-state index contributed by atoms with van der Waals surface area (Å²) in [5.41, 5.74) is 3.34. The number of nitrogens with one attached hydrogen (secondary N) is 1. The van der Waals surface area contributed by atoms with E-state index in [-0.39, 0.29) is 0 Å². The van der Waals surface area contributed by atoms with Crippen molar-refractivity contribution in [3.8, 4) is 0 Å². The van der Waals surface area contributed by atoms with Gasteiger partial charge < -0.3 is 5.32 Å². The third kappa shape index (κ3) is 3.25. The standard InChI is InChI=1S/C19H31N/c1-14(2)15-9-11-16(12-10-15)18(20-5)17-8-6-7-13-19(17,3)4/h9-12,14,17-18,20H,6-8,13H2,1-5H3. The Morgan fingerprint density at radius 3 is 2.15 bits per heavy atom. The second-order valence-electron chi connectivity index (χ2n) is 7.43. The van der Waals surface area contributed by atoms with Gasteiger partial charge >= 0.3 is 0 Å². The Kier molecular flexibility index (Phi) is 4.90. The molecule has 2 rings (SSSR count). The molecule has 2 unspecified atom stereocenters. The fourth-order valence-corrected chi connectivity index (χ4v) is 3.83. The molecule has 2 atom stereocenters. The van der Waals surface area contributed by atoms with Crippen LogP contribution in [0.5, 0.6) is 0 Å². The van der Waals surface area contributed by atoms with Gasteiger partial charge in [-0.3, -0.25) is 0 Å². The highest BCUT2D eigenvalue weighted by Gasteiger charge is 2.37. The van der Waals surface area contributed by atoms with E-state index in [1.165, 1.54) is 36.8 Å². The van der Waals surface area contributed by atoms with Crippen LogP contribution < -0.4 is 5.32 Å². The molecule has 1 aromatic rings. The van der Waals surface area contributed by atoms with Crippen molar-refractivity contribution in [2.24, 2.45) is 11.3 Å².